The number of nitrogens with zero attached hydrogens (tertiary/aromatic N) is 1. The normalized spacial score (nSPS) is 31.3. The van der Waals surface area contributed by atoms with E-state index in [9.17, 15) is 0 Å². The van der Waals surface area contributed by atoms with E-state index in [0.717, 1.165) is 45.3 Å². The summed E-state index contributed by atoms with van der Waals surface area (Å²) in [6.45, 7) is 7.54. The molecule has 2 aliphatic rings. The number of likely N-dealkylation sites (tertiary alicyclic amines) is 1. The van der Waals surface area contributed by atoms with Crippen LogP contribution in [-0.4, -0.2) is 64.1 Å². The highest BCUT2D eigenvalue weighted by Gasteiger charge is 2.21. The van der Waals surface area contributed by atoms with Crippen LogP contribution in [0.4, 0.5) is 0 Å². The lowest BCUT2D eigenvalue weighted by Gasteiger charge is -2.16. The van der Waals surface area contributed by atoms with Crippen molar-refractivity contribution in [1.29, 1.82) is 0 Å². The molecule has 4 nitrogen and oxygen atoms in total. The van der Waals surface area contributed by atoms with Gasteiger partial charge in [0.25, 0.3) is 0 Å². The minimum Gasteiger partial charge on any atom is -0.381 e. The molecule has 0 spiro atoms. The molecule has 2 aliphatic heterocycles. The largest absolute Gasteiger partial charge is 0.381 e. The van der Waals surface area contributed by atoms with Gasteiger partial charge in [-0.05, 0) is 18.8 Å². The van der Waals surface area contributed by atoms with E-state index in [2.05, 4.69) is 10.2 Å². The molecule has 2 saturated heterocycles. The number of nitrogens with one attached hydrogen (secondary N) is 1. The molecule has 2 heterocycles. The first-order chi connectivity index (χ1) is 7.88. The lowest BCUT2D eigenvalue weighted by molar-refractivity contribution is 0.108. The summed E-state index contributed by atoms with van der Waals surface area (Å²) in [5, 5.41) is 3.52. The zero-order valence-corrected chi connectivity index (χ0v) is 10.3. The summed E-state index contributed by atoms with van der Waals surface area (Å²) in [7, 11) is 1.81. The Morgan fingerprint density at radius 3 is 3.06 bits per heavy atom. The Morgan fingerprint density at radius 2 is 2.38 bits per heavy atom. The topological polar surface area (TPSA) is 33.7 Å². The van der Waals surface area contributed by atoms with Gasteiger partial charge >= 0.3 is 0 Å². The van der Waals surface area contributed by atoms with Gasteiger partial charge in [0.2, 0.25) is 0 Å². The Kier molecular flexibility index (Phi) is 5.03. The summed E-state index contributed by atoms with van der Waals surface area (Å²) in [4.78, 5) is 2.48. The Bertz CT molecular complexity index is 195. The summed E-state index contributed by atoms with van der Waals surface area (Å²) in [5.41, 5.74) is 0. The van der Waals surface area contributed by atoms with E-state index in [1.54, 1.807) is 0 Å². The zero-order valence-electron chi connectivity index (χ0n) is 10.3. The van der Waals surface area contributed by atoms with Gasteiger partial charge in [-0.3, -0.25) is 4.90 Å². The third-order valence-corrected chi connectivity index (χ3v) is 3.62. The first-order valence-corrected chi connectivity index (χ1v) is 6.42. The van der Waals surface area contributed by atoms with Gasteiger partial charge in [0.1, 0.15) is 0 Å². The van der Waals surface area contributed by atoms with Gasteiger partial charge in [-0.25, -0.2) is 0 Å². The Morgan fingerprint density at radius 1 is 1.44 bits per heavy atom. The number of ether oxygens (including phenoxy) is 2. The smallest absolute Gasteiger partial charge is 0.0710 e. The Balaban J connectivity index is 1.48. The molecule has 16 heavy (non-hydrogen) atoms. The predicted molar refractivity (Wildman–Crippen MR) is 63.6 cm³/mol. The molecule has 0 aromatic rings. The van der Waals surface area contributed by atoms with Crippen LogP contribution in [0, 0.1) is 5.92 Å². The molecule has 4 heteroatoms. The van der Waals surface area contributed by atoms with E-state index < -0.39 is 0 Å². The Labute approximate surface area is 98.3 Å². The van der Waals surface area contributed by atoms with Crippen molar-refractivity contribution in [3.8, 4) is 0 Å². The molecule has 2 rings (SSSR count). The van der Waals surface area contributed by atoms with Crippen LogP contribution in [0.1, 0.15) is 12.8 Å². The summed E-state index contributed by atoms with van der Waals surface area (Å²) in [6.07, 6.45) is 2.87. The van der Waals surface area contributed by atoms with Crippen LogP contribution < -0.4 is 5.32 Å². The van der Waals surface area contributed by atoms with Crippen molar-refractivity contribution < 1.29 is 9.47 Å². The molecule has 0 aliphatic carbocycles. The van der Waals surface area contributed by atoms with Crippen molar-refractivity contribution in [2.75, 3.05) is 53.0 Å². The van der Waals surface area contributed by atoms with E-state index in [0.29, 0.717) is 6.10 Å². The SMILES string of the molecule is COC1CCN(CCNCC2CCOC2)C1. The van der Waals surface area contributed by atoms with Crippen molar-refractivity contribution in [2.24, 2.45) is 5.92 Å². The van der Waals surface area contributed by atoms with Gasteiger partial charge in [0.05, 0.1) is 12.7 Å². The van der Waals surface area contributed by atoms with Gasteiger partial charge in [-0.15, -0.1) is 0 Å². The first kappa shape index (κ1) is 12.3. The molecule has 0 aromatic heterocycles. The quantitative estimate of drug-likeness (QED) is 0.665. The average molecular weight is 228 g/mol. The molecule has 2 fully saturated rings. The van der Waals surface area contributed by atoms with Crippen LogP contribution in [0.3, 0.4) is 0 Å². The maximum atomic E-state index is 5.35. The van der Waals surface area contributed by atoms with Gasteiger partial charge in [-0.2, -0.15) is 0 Å². The fraction of sp³-hybridized carbons (Fsp3) is 1.00. The van der Waals surface area contributed by atoms with Crippen molar-refractivity contribution in [2.45, 2.75) is 18.9 Å². The molecule has 0 bridgehead atoms. The standard InChI is InChI=1S/C12H24N2O2/c1-15-12-2-5-14(9-12)6-4-13-8-11-3-7-16-10-11/h11-13H,2-10H2,1H3. The van der Waals surface area contributed by atoms with Crippen molar-refractivity contribution in [3.63, 3.8) is 0 Å². The van der Waals surface area contributed by atoms with Crippen molar-refractivity contribution >= 4 is 0 Å². The van der Waals surface area contributed by atoms with E-state index in [1.807, 2.05) is 7.11 Å². The molecule has 1 N–H and O–H groups in total. The van der Waals surface area contributed by atoms with Gasteiger partial charge in [0, 0.05) is 46.4 Å². The summed E-state index contributed by atoms with van der Waals surface area (Å²) < 4.78 is 10.7. The second-order valence-corrected chi connectivity index (χ2v) is 4.88. The predicted octanol–water partition coefficient (Wildman–Crippen LogP) is 0.333. The lowest BCUT2D eigenvalue weighted by atomic mass is 10.1. The summed E-state index contributed by atoms with van der Waals surface area (Å²) in [5.74, 6) is 0.741. The van der Waals surface area contributed by atoms with E-state index in [-0.39, 0.29) is 0 Å². The minimum absolute atomic E-state index is 0.461. The molecule has 0 amide bonds. The Hall–Kier alpha value is -0.160. The molecule has 0 radical (unpaired) electrons. The molecule has 2 unspecified atom stereocenters. The number of hydrogen-bond donors (Lipinski definition) is 1. The van der Waals surface area contributed by atoms with Crippen molar-refractivity contribution in [1.82, 2.24) is 10.2 Å². The third-order valence-electron chi connectivity index (χ3n) is 3.62. The van der Waals surface area contributed by atoms with Gasteiger partial charge in [-0.1, -0.05) is 0 Å². The van der Waals surface area contributed by atoms with E-state index in [4.69, 9.17) is 9.47 Å². The number of hydrogen-bond acceptors (Lipinski definition) is 4. The highest BCUT2D eigenvalue weighted by molar-refractivity contribution is 4.76. The highest BCUT2D eigenvalue weighted by Crippen LogP contribution is 2.11. The van der Waals surface area contributed by atoms with Crippen LogP contribution >= 0.6 is 0 Å². The number of methoxy groups -OCH3 is 1. The fourth-order valence-corrected chi connectivity index (χ4v) is 2.48. The molecule has 0 aromatic carbocycles. The molecule has 94 valence electrons. The maximum absolute atomic E-state index is 5.35. The summed E-state index contributed by atoms with van der Waals surface area (Å²) in [6, 6.07) is 0. The molecule has 0 saturated carbocycles. The second-order valence-electron chi connectivity index (χ2n) is 4.88. The van der Waals surface area contributed by atoms with Crippen LogP contribution in [-0.2, 0) is 9.47 Å². The summed E-state index contributed by atoms with van der Waals surface area (Å²) >= 11 is 0. The zero-order chi connectivity index (χ0) is 11.2. The molecular weight excluding hydrogens is 204 g/mol. The second kappa shape index (κ2) is 6.55. The fourth-order valence-electron chi connectivity index (χ4n) is 2.48. The minimum atomic E-state index is 0.461. The van der Waals surface area contributed by atoms with Crippen LogP contribution in [0.5, 0.6) is 0 Å². The first-order valence-electron chi connectivity index (χ1n) is 6.42. The van der Waals surface area contributed by atoms with Crippen LogP contribution in [0.2, 0.25) is 0 Å². The number of rotatable bonds is 6. The average Bonchev–Trinajstić information content (AvgIpc) is 2.95. The van der Waals surface area contributed by atoms with Crippen LogP contribution in [0.25, 0.3) is 0 Å². The van der Waals surface area contributed by atoms with Crippen molar-refractivity contribution in [3.05, 3.63) is 0 Å². The van der Waals surface area contributed by atoms with E-state index >= 15 is 0 Å². The van der Waals surface area contributed by atoms with E-state index in [1.165, 1.54) is 19.4 Å². The van der Waals surface area contributed by atoms with Crippen LogP contribution in [0.15, 0.2) is 0 Å². The van der Waals surface area contributed by atoms with Gasteiger partial charge in [0.15, 0.2) is 0 Å². The van der Waals surface area contributed by atoms with Gasteiger partial charge < -0.3 is 14.8 Å². The molecular formula is C12H24N2O2. The maximum Gasteiger partial charge on any atom is 0.0710 e. The third kappa shape index (κ3) is 3.70. The lowest BCUT2D eigenvalue weighted by Crippen LogP contribution is -2.33. The monoisotopic (exact) mass is 228 g/mol. The highest BCUT2D eigenvalue weighted by atomic mass is 16.5. The molecule has 2 atom stereocenters.